The first-order chi connectivity index (χ1) is 7.68. The summed E-state index contributed by atoms with van der Waals surface area (Å²) in [4.78, 5) is 0. The first-order valence-corrected chi connectivity index (χ1v) is 6.22. The Morgan fingerprint density at radius 2 is 2.31 bits per heavy atom. The maximum Gasteiger partial charge on any atom is 0.140 e. The predicted octanol–water partition coefficient (Wildman–Crippen LogP) is 3.34. The molecular weight excluding hydrogens is 289 g/mol. The van der Waals surface area contributed by atoms with Crippen LogP contribution < -0.4 is 0 Å². The fourth-order valence-electron chi connectivity index (χ4n) is 2.17. The van der Waals surface area contributed by atoms with Gasteiger partial charge in [0, 0.05) is 10.4 Å². The molecule has 1 unspecified atom stereocenters. The summed E-state index contributed by atoms with van der Waals surface area (Å²) in [5.41, 5.74) is 2.25. The molecule has 3 nitrogen and oxygen atoms in total. The lowest BCUT2D eigenvalue weighted by molar-refractivity contribution is 0.647. The van der Waals surface area contributed by atoms with Crippen molar-refractivity contribution in [2.45, 2.75) is 19.3 Å². The Hall–Kier alpha value is -0.870. The van der Waals surface area contributed by atoms with Crippen molar-refractivity contribution < 1.29 is 0 Å². The number of rotatable bonds is 0. The minimum atomic E-state index is 0.349. The van der Waals surface area contributed by atoms with Gasteiger partial charge in [-0.2, -0.15) is 0 Å². The molecule has 2 aromatic rings. The fraction of sp³-hybridized carbons (Fsp3) is 0.273. The van der Waals surface area contributed by atoms with Crippen LogP contribution in [0.2, 0.25) is 5.02 Å². The topological polar surface area (TPSA) is 30.7 Å². The van der Waals surface area contributed by atoms with Crippen LogP contribution in [0, 0.1) is 0 Å². The first-order valence-electron chi connectivity index (χ1n) is 5.05. The summed E-state index contributed by atoms with van der Waals surface area (Å²) in [7, 11) is 0. The third kappa shape index (κ3) is 1.33. The Balaban J connectivity index is 2.31. The van der Waals surface area contributed by atoms with E-state index in [1.165, 1.54) is 0 Å². The lowest BCUT2D eigenvalue weighted by Gasteiger charge is -2.23. The Bertz CT molecular complexity index is 564. The molecule has 1 aliphatic heterocycles. The highest BCUT2D eigenvalue weighted by atomic mass is 79.9. The molecule has 0 saturated heterocycles. The van der Waals surface area contributed by atoms with Crippen molar-refractivity contribution in [2.75, 3.05) is 0 Å². The van der Waals surface area contributed by atoms with Crippen LogP contribution in [-0.4, -0.2) is 14.8 Å². The Kier molecular flexibility index (Phi) is 2.30. The van der Waals surface area contributed by atoms with Gasteiger partial charge in [0.15, 0.2) is 0 Å². The zero-order chi connectivity index (χ0) is 11.3. The standard InChI is InChI=1S/C11H9BrClN3/c1-6-4-7-9(3-2-8(12)10(7)13)16-5-14-15-11(6)16/h2-3,5-6H,4H2,1H3. The van der Waals surface area contributed by atoms with Crippen molar-refractivity contribution >= 4 is 27.5 Å². The van der Waals surface area contributed by atoms with Crippen LogP contribution in [0.25, 0.3) is 5.69 Å². The quantitative estimate of drug-likeness (QED) is 0.747. The molecule has 0 radical (unpaired) electrons. The maximum absolute atomic E-state index is 6.31. The third-order valence-corrected chi connectivity index (χ3v) is 4.28. The van der Waals surface area contributed by atoms with Gasteiger partial charge in [0.05, 0.1) is 10.7 Å². The summed E-state index contributed by atoms with van der Waals surface area (Å²) in [5.74, 6) is 1.35. The lowest BCUT2D eigenvalue weighted by atomic mass is 9.95. The van der Waals surface area contributed by atoms with Crippen LogP contribution in [0.15, 0.2) is 22.9 Å². The van der Waals surface area contributed by atoms with E-state index in [-0.39, 0.29) is 0 Å². The second-order valence-electron chi connectivity index (χ2n) is 4.02. The van der Waals surface area contributed by atoms with E-state index in [4.69, 9.17) is 11.6 Å². The van der Waals surface area contributed by atoms with Crippen molar-refractivity contribution in [3.8, 4) is 5.69 Å². The number of hydrogen-bond acceptors (Lipinski definition) is 2. The molecular formula is C11H9BrClN3. The van der Waals surface area contributed by atoms with E-state index in [1.807, 2.05) is 16.7 Å². The maximum atomic E-state index is 6.31. The number of fused-ring (bicyclic) bond motifs is 3. The minimum Gasteiger partial charge on any atom is -0.285 e. The smallest absolute Gasteiger partial charge is 0.140 e. The molecule has 1 aromatic heterocycles. The third-order valence-electron chi connectivity index (χ3n) is 2.96. The van der Waals surface area contributed by atoms with Crippen molar-refractivity contribution in [3.05, 3.63) is 39.3 Å². The van der Waals surface area contributed by atoms with E-state index in [0.29, 0.717) is 5.92 Å². The normalized spacial score (nSPS) is 18.1. The molecule has 5 heteroatoms. The van der Waals surface area contributed by atoms with Gasteiger partial charge in [-0.1, -0.05) is 18.5 Å². The van der Waals surface area contributed by atoms with Gasteiger partial charge in [-0.15, -0.1) is 10.2 Å². The van der Waals surface area contributed by atoms with E-state index < -0.39 is 0 Å². The van der Waals surface area contributed by atoms with Crippen LogP contribution in [0.5, 0.6) is 0 Å². The van der Waals surface area contributed by atoms with Crippen LogP contribution in [0.1, 0.15) is 24.2 Å². The molecule has 0 bridgehead atoms. The monoisotopic (exact) mass is 297 g/mol. The zero-order valence-corrected chi connectivity index (χ0v) is 11.0. The molecule has 0 amide bonds. The second-order valence-corrected chi connectivity index (χ2v) is 5.26. The second kappa shape index (κ2) is 3.57. The summed E-state index contributed by atoms with van der Waals surface area (Å²) in [6.07, 6.45) is 2.65. The largest absolute Gasteiger partial charge is 0.285 e. The van der Waals surface area contributed by atoms with Crippen molar-refractivity contribution in [1.29, 1.82) is 0 Å². The molecule has 1 aromatic carbocycles. The number of hydrogen-bond donors (Lipinski definition) is 0. The Morgan fingerprint density at radius 3 is 3.12 bits per heavy atom. The van der Waals surface area contributed by atoms with Crippen LogP contribution in [0.4, 0.5) is 0 Å². The summed E-state index contributed by atoms with van der Waals surface area (Å²) >= 11 is 9.76. The molecule has 0 saturated carbocycles. The number of benzene rings is 1. The van der Waals surface area contributed by atoms with Gasteiger partial charge in [-0.3, -0.25) is 4.57 Å². The van der Waals surface area contributed by atoms with Crippen LogP contribution >= 0.6 is 27.5 Å². The Labute approximate surface area is 107 Å². The molecule has 0 N–H and O–H groups in total. The summed E-state index contributed by atoms with van der Waals surface area (Å²) in [6.45, 7) is 2.14. The highest BCUT2D eigenvalue weighted by Gasteiger charge is 2.25. The van der Waals surface area contributed by atoms with Gasteiger partial charge in [0.1, 0.15) is 12.2 Å². The highest BCUT2D eigenvalue weighted by Crippen LogP contribution is 2.38. The molecule has 0 spiro atoms. The Morgan fingerprint density at radius 1 is 1.50 bits per heavy atom. The van der Waals surface area contributed by atoms with Crippen molar-refractivity contribution in [1.82, 2.24) is 14.8 Å². The molecule has 2 heterocycles. The summed E-state index contributed by atoms with van der Waals surface area (Å²) in [6, 6.07) is 4.00. The van der Waals surface area contributed by atoms with Crippen molar-refractivity contribution in [3.63, 3.8) is 0 Å². The van der Waals surface area contributed by atoms with Gasteiger partial charge in [-0.25, -0.2) is 0 Å². The van der Waals surface area contributed by atoms with Gasteiger partial charge >= 0.3 is 0 Å². The van der Waals surface area contributed by atoms with Crippen LogP contribution in [0.3, 0.4) is 0 Å². The van der Waals surface area contributed by atoms with Crippen LogP contribution in [-0.2, 0) is 6.42 Å². The molecule has 0 fully saturated rings. The van der Waals surface area contributed by atoms with Gasteiger partial charge in [0.2, 0.25) is 0 Å². The average molecular weight is 299 g/mol. The number of halogens is 2. The number of aromatic nitrogens is 3. The molecule has 3 rings (SSSR count). The average Bonchev–Trinajstić information content (AvgIpc) is 2.74. The number of nitrogens with zero attached hydrogens (tertiary/aromatic N) is 3. The van der Waals surface area contributed by atoms with E-state index in [0.717, 1.165) is 33.0 Å². The SMILES string of the molecule is CC1Cc2c(ccc(Br)c2Cl)-n2cnnc21. The minimum absolute atomic E-state index is 0.349. The van der Waals surface area contributed by atoms with Gasteiger partial charge < -0.3 is 0 Å². The highest BCUT2D eigenvalue weighted by molar-refractivity contribution is 9.10. The molecule has 16 heavy (non-hydrogen) atoms. The van der Waals surface area contributed by atoms with E-state index >= 15 is 0 Å². The van der Waals surface area contributed by atoms with E-state index in [2.05, 4.69) is 33.1 Å². The molecule has 1 atom stereocenters. The van der Waals surface area contributed by atoms with Gasteiger partial charge in [0.25, 0.3) is 0 Å². The lowest BCUT2D eigenvalue weighted by Crippen LogP contribution is -2.16. The van der Waals surface area contributed by atoms with E-state index in [1.54, 1.807) is 6.33 Å². The van der Waals surface area contributed by atoms with Crippen molar-refractivity contribution in [2.24, 2.45) is 0 Å². The first kappa shape index (κ1) is 10.3. The summed E-state index contributed by atoms with van der Waals surface area (Å²) in [5, 5.41) is 8.91. The summed E-state index contributed by atoms with van der Waals surface area (Å²) < 4.78 is 2.96. The molecule has 1 aliphatic rings. The molecule has 0 aliphatic carbocycles. The van der Waals surface area contributed by atoms with E-state index in [9.17, 15) is 0 Å². The predicted molar refractivity (Wildman–Crippen MR) is 66.2 cm³/mol. The molecule has 82 valence electrons. The van der Waals surface area contributed by atoms with Gasteiger partial charge in [-0.05, 0) is 40.0 Å². The fourth-order valence-corrected chi connectivity index (χ4v) is 2.77. The zero-order valence-electron chi connectivity index (χ0n) is 8.61.